The smallest absolute Gasteiger partial charge is 0.246 e. The van der Waals surface area contributed by atoms with Gasteiger partial charge in [0.2, 0.25) is 10.0 Å². The molecule has 0 aromatic heterocycles. The molecule has 19 heavy (non-hydrogen) atoms. The lowest BCUT2D eigenvalue weighted by Crippen LogP contribution is -2.47. The van der Waals surface area contributed by atoms with Crippen molar-refractivity contribution in [3.05, 3.63) is 30.1 Å². The Balaban J connectivity index is 2.27. The molecule has 1 unspecified atom stereocenters. The first-order valence-corrected chi connectivity index (χ1v) is 7.78. The van der Waals surface area contributed by atoms with Gasteiger partial charge in [0.25, 0.3) is 0 Å². The summed E-state index contributed by atoms with van der Waals surface area (Å²) in [5.41, 5.74) is 0. The molecule has 0 radical (unpaired) electrons. The molecule has 2 rings (SSSR count). The first-order chi connectivity index (χ1) is 8.93. The van der Waals surface area contributed by atoms with Gasteiger partial charge in [0.05, 0.1) is 0 Å². The van der Waals surface area contributed by atoms with Crippen molar-refractivity contribution in [2.24, 2.45) is 0 Å². The van der Waals surface area contributed by atoms with Crippen LogP contribution in [0.15, 0.2) is 29.2 Å². The van der Waals surface area contributed by atoms with Gasteiger partial charge in [-0.15, -0.1) is 0 Å². The first-order valence-electron chi connectivity index (χ1n) is 6.34. The van der Waals surface area contributed by atoms with Gasteiger partial charge < -0.3 is 4.90 Å². The lowest BCUT2D eigenvalue weighted by atomic mass is 10.1. The van der Waals surface area contributed by atoms with Gasteiger partial charge >= 0.3 is 0 Å². The monoisotopic (exact) mass is 286 g/mol. The average Bonchev–Trinajstić information content (AvgIpc) is 2.38. The maximum absolute atomic E-state index is 13.7. The van der Waals surface area contributed by atoms with Crippen LogP contribution in [0.1, 0.15) is 12.8 Å². The highest BCUT2D eigenvalue weighted by molar-refractivity contribution is 7.89. The summed E-state index contributed by atoms with van der Waals surface area (Å²) in [6, 6.07) is 5.42. The molecule has 1 aliphatic heterocycles. The maximum Gasteiger partial charge on any atom is 0.246 e. The number of hydrogen-bond acceptors (Lipinski definition) is 3. The van der Waals surface area contributed by atoms with Gasteiger partial charge in [0.15, 0.2) is 0 Å². The van der Waals surface area contributed by atoms with Crippen molar-refractivity contribution in [3.63, 3.8) is 0 Å². The van der Waals surface area contributed by atoms with E-state index < -0.39 is 15.8 Å². The molecule has 1 aliphatic rings. The molecular weight excluding hydrogens is 267 g/mol. The van der Waals surface area contributed by atoms with Gasteiger partial charge in [0.1, 0.15) is 10.7 Å². The van der Waals surface area contributed by atoms with Gasteiger partial charge in [-0.1, -0.05) is 12.1 Å². The summed E-state index contributed by atoms with van der Waals surface area (Å²) < 4.78 is 39.8. The van der Waals surface area contributed by atoms with Crippen LogP contribution in [0, 0.1) is 5.82 Å². The highest BCUT2D eigenvalue weighted by Gasteiger charge is 2.31. The zero-order valence-corrected chi connectivity index (χ0v) is 12.0. The fourth-order valence-corrected chi connectivity index (χ4v) is 3.88. The predicted octanol–water partition coefficient (Wildman–Crippen LogP) is 1.54. The predicted molar refractivity (Wildman–Crippen MR) is 71.9 cm³/mol. The first kappa shape index (κ1) is 14.4. The van der Waals surface area contributed by atoms with Crippen molar-refractivity contribution >= 4 is 10.0 Å². The second-order valence-corrected chi connectivity index (χ2v) is 6.98. The molecule has 0 aliphatic carbocycles. The Hall–Kier alpha value is -0.980. The van der Waals surface area contributed by atoms with Gasteiger partial charge in [0, 0.05) is 19.6 Å². The van der Waals surface area contributed by atoms with Crippen LogP contribution < -0.4 is 0 Å². The minimum atomic E-state index is -3.76. The van der Waals surface area contributed by atoms with E-state index in [4.69, 9.17) is 0 Å². The van der Waals surface area contributed by atoms with Crippen LogP contribution in [-0.4, -0.2) is 50.8 Å². The van der Waals surface area contributed by atoms with Crippen LogP contribution in [0.4, 0.5) is 4.39 Å². The standard InChI is InChI=1S/C13H19FN2O2S/c1-15-9-5-6-11(10-15)16(2)19(17,18)13-8-4-3-7-12(13)14/h3-4,7-8,11H,5-6,9-10H2,1-2H3. The number of piperidine rings is 1. The summed E-state index contributed by atoms with van der Waals surface area (Å²) in [6.45, 7) is 1.66. The summed E-state index contributed by atoms with van der Waals surface area (Å²) in [5.74, 6) is -0.696. The number of halogens is 1. The van der Waals surface area contributed by atoms with Gasteiger partial charge in [-0.25, -0.2) is 12.8 Å². The molecule has 1 aromatic carbocycles. The molecular formula is C13H19FN2O2S. The second kappa shape index (κ2) is 5.56. The Bertz CT molecular complexity index is 547. The lowest BCUT2D eigenvalue weighted by Gasteiger charge is -2.35. The molecule has 6 heteroatoms. The number of nitrogens with zero attached hydrogens (tertiary/aromatic N) is 2. The molecule has 1 saturated heterocycles. The number of sulfonamides is 1. The van der Waals surface area contributed by atoms with E-state index in [1.165, 1.54) is 35.6 Å². The van der Waals surface area contributed by atoms with Crippen molar-refractivity contribution in [2.75, 3.05) is 27.2 Å². The lowest BCUT2D eigenvalue weighted by molar-refractivity contribution is 0.187. The van der Waals surface area contributed by atoms with Crippen molar-refractivity contribution in [2.45, 2.75) is 23.8 Å². The molecule has 0 saturated carbocycles. The van der Waals surface area contributed by atoms with Gasteiger partial charge in [-0.3, -0.25) is 0 Å². The van der Waals surface area contributed by atoms with Gasteiger partial charge in [-0.05, 0) is 38.6 Å². The van der Waals surface area contributed by atoms with Gasteiger partial charge in [-0.2, -0.15) is 4.31 Å². The van der Waals surface area contributed by atoms with E-state index in [-0.39, 0.29) is 10.9 Å². The second-order valence-electron chi connectivity index (χ2n) is 5.01. The van der Waals surface area contributed by atoms with E-state index in [1.54, 1.807) is 0 Å². The Morgan fingerprint density at radius 3 is 2.68 bits per heavy atom. The summed E-state index contributed by atoms with van der Waals surface area (Å²) in [6.07, 6.45) is 1.77. The van der Waals surface area contributed by atoms with Crippen molar-refractivity contribution < 1.29 is 12.8 Å². The van der Waals surface area contributed by atoms with E-state index in [0.29, 0.717) is 6.54 Å². The number of rotatable bonds is 3. The molecule has 0 bridgehead atoms. The average molecular weight is 286 g/mol. The topological polar surface area (TPSA) is 40.6 Å². The van der Waals surface area contributed by atoms with E-state index in [9.17, 15) is 12.8 Å². The van der Waals surface area contributed by atoms with E-state index >= 15 is 0 Å². The molecule has 0 spiro atoms. The molecule has 1 heterocycles. The van der Waals surface area contributed by atoms with E-state index in [0.717, 1.165) is 19.4 Å². The number of likely N-dealkylation sites (tertiary alicyclic amines) is 1. The highest BCUT2D eigenvalue weighted by Crippen LogP contribution is 2.23. The summed E-state index contributed by atoms with van der Waals surface area (Å²) in [5, 5.41) is 0. The van der Waals surface area contributed by atoms with Crippen molar-refractivity contribution in [3.8, 4) is 0 Å². The quantitative estimate of drug-likeness (QED) is 0.846. The number of likely N-dealkylation sites (N-methyl/N-ethyl adjacent to an activating group) is 2. The normalized spacial score (nSPS) is 21.8. The van der Waals surface area contributed by atoms with Crippen LogP contribution in [0.2, 0.25) is 0 Å². The molecule has 1 atom stereocenters. The molecule has 106 valence electrons. The van der Waals surface area contributed by atoms with Crippen LogP contribution in [0.3, 0.4) is 0 Å². The fourth-order valence-electron chi connectivity index (χ4n) is 2.44. The van der Waals surface area contributed by atoms with Crippen molar-refractivity contribution in [1.29, 1.82) is 0 Å². The SMILES string of the molecule is CN1CCCC(N(C)S(=O)(=O)c2ccccc2F)C1. The fraction of sp³-hybridized carbons (Fsp3) is 0.538. The molecule has 4 nitrogen and oxygen atoms in total. The maximum atomic E-state index is 13.7. The van der Waals surface area contributed by atoms with E-state index in [1.807, 2.05) is 7.05 Å². The Morgan fingerprint density at radius 2 is 2.05 bits per heavy atom. The third-order valence-corrected chi connectivity index (χ3v) is 5.55. The molecule has 1 aromatic rings. The van der Waals surface area contributed by atoms with E-state index in [2.05, 4.69) is 4.90 Å². The summed E-state index contributed by atoms with van der Waals surface area (Å²) in [4.78, 5) is 1.85. The van der Waals surface area contributed by atoms with Crippen LogP contribution in [0.5, 0.6) is 0 Å². The summed E-state index contributed by atoms with van der Waals surface area (Å²) in [7, 11) is -0.260. The molecule has 0 N–H and O–H groups in total. The number of benzene rings is 1. The van der Waals surface area contributed by atoms with Crippen LogP contribution >= 0.6 is 0 Å². The van der Waals surface area contributed by atoms with Crippen molar-refractivity contribution in [1.82, 2.24) is 9.21 Å². The molecule has 1 fully saturated rings. The minimum Gasteiger partial charge on any atom is -0.305 e. The largest absolute Gasteiger partial charge is 0.305 e. The summed E-state index contributed by atoms with van der Waals surface area (Å²) >= 11 is 0. The third kappa shape index (κ3) is 2.96. The highest BCUT2D eigenvalue weighted by atomic mass is 32.2. The Kier molecular flexibility index (Phi) is 4.23. The Morgan fingerprint density at radius 1 is 1.37 bits per heavy atom. The third-order valence-electron chi connectivity index (χ3n) is 3.61. The Labute approximate surface area is 113 Å². The zero-order chi connectivity index (χ0) is 14.0. The van der Waals surface area contributed by atoms with Crippen LogP contribution in [-0.2, 0) is 10.0 Å². The molecule has 0 amide bonds. The van der Waals surface area contributed by atoms with Crippen LogP contribution in [0.25, 0.3) is 0 Å². The minimum absolute atomic E-state index is 0.0941. The number of hydrogen-bond donors (Lipinski definition) is 0. The zero-order valence-electron chi connectivity index (χ0n) is 11.2.